The highest BCUT2D eigenvalue weighted by molar-refractivity contribution is 7.13. The number of rotatable bonds is 4. The van der Waals surface area contributed by atoms with Crippen molar-refractivity contribution in [3.63, 3.8) is 0 Å². The Bertz CT molecular complexity index is 270. The molecule has 0 saturated carbocycles. The Labute approximate surface area is 81.9 Å². The maximum absolute atomic E-state index is 7.18. The third-order valence-corrected chi connectivity index (χ3v) is 2.76. The van der Waals surface area contributed by atoms with Crippen molar-refractivity contribution in [2.24, 2.45) is 5.73 Å². The summed E-state index contributed by atoms with van der Waals surface area (Å²) in [6.07, 6.45) is 2.35. The van der Waals surface area contributed by atoms with Crippen LogP contribution in [0, 0.1) is 5.41 Å². The number of aromatic nitrogens is 1. The molecule has 1 unspecified atom stereocenters. The highest BCUT2D eigenvalue weighted by atomic mass is 32.1. The second kappa shape index (κ2) is 4.23. The van der Waals surface area contributed by atoms with Crippen molar-refractivity contribution in [2.45, 2.75) is 19.4 Å². The number of hydrogen-bond donors (Lipinski definition) is 2. The molecule has 1 aromatic rings. The van der Waals surface area contributed by atoms with E-state index in [1.54, 1.807) is 17.5 Å². The van der Waals surface area contributed by atoms with Gasteiger partial charge in [0.15, 0.2) is 5.13 Å². The predicted octanol–water partition coefficient (Wildman–Crippen LogP) is 1.29. The Hall–Kier alpha value is -1.10. The molecule has 3 N–H and O–H groups in total. The maximum Gasteiger partial charge on any atom is 0.185 e. The van der Waals surface area contributed by atoms with Crippen LogP contribution in [0.4, 0.5) is 5.13 Å². The van der Waals surface area contributed by atoms with E-state index < -0.39 is 0 Å². The molecule has 1 heterocycles. The summed E-state index contributed by atoms with van der Waals surface area (Å²) in [5.74, 6) is 0.218. The molecule has 0 fully saturated rings. The molecule has 0 radical (unpaired) electrons. The minimum atomic E-state index is 0.218. The normalized spacial score (nSPS) is 12.5. The average molecular weight is 198 g/mol. The third-order valence-electron chi connectivity index (χ3n) is 1.90. The lowest BCUT2D eigenvalue weighted by molar-refractivity contribution is 0.706. The first kappa shape index (κ1) is 9.98. The summed E-state index contributed by atoms with van der Waals surface area (Å²) >= 11 is 1.59. The van der Waals surface area contributed by atoms with Crippen LogP contribution in [0.15, 0.2) is 11.6 Å². The van der Waals surface area contributed by atoms with Crippen molar-refractivity contribution < 1.29 is 0 Å². The molecule has 1 atom stereocenters. The van der Waals surface area contributed by atoms with Crippen LogP contribution in [0.1, 0.15) is 13.3 Å². The summed E-state index contributed by atoms with van der Waals surface area (Å²) < 4.78 is 0. The van der Waals surface area contributed by atoms with Crippen LogP contribution in [-0.2, 0) is 0 Å². The van der Waals surface area contributed by atoms with Crippen molar-refractivity contribution in [1.82, 2.24) is 4.98 Å². The van der Waals surface area contributed by atoms with Gasteiger partial charge in [0.05, 0.1) is 5.84 Å². The van der Waals surface area contributed by atoms with Gasteiger partial charge >= 0.3 is 0 Å². The second-order valence-corrected chi connectivity index (χ2v) is 3.88. The van der Waals surface area contributed by atoms with Crippen LogP contribution in [0.25, 0.3) is 0 Å². The van der Waals surface area contributed by atoms with Crippen LogP contribution in [0.5, 0.6) is 0 Å². The van der Waals surface area contributed by atoms with Gasteiger partial charge < -0.3 is 10.6 Å². The number of amidine groups is 1. The van der Waals surface area contributed by atoms with Crippen molar-refractivity contribution in [2.75, 3.05) is 11.9 Å². The van der Waals surface area contributed by atoms with Gasteiger partial charge in [-0.1, -0.05) is 0 Å². The van der Waals surface area contributed by atoms with Crippen molar-refractivity contribution in [3.05, 3.63) is 11.6 Å². The lowest BCUT2D eigenvalue weighted by Crippen LogP contribution is -2.32. The highest BCUT2D eigenvalue weighted by Gasteiger charge is 2.12. The minimum absolute atomic E-state index is 0.218. The number of nitrogens with zero attached hydrogens (tertiary/aromatic N) is 2. The molecule has 0 aliphatic heterocycles. The summed E-state index contributed by atoms with van der Waals surface area (Å²) in [5.41, 5.74) is 5.32. The van der Waals surface area contributed by atoms with E-state index in [1.165, 1.54) is 0 Å². The minimum Gasteiger partial charge on any atom is -0.388 e. The van der Waals surface area contributed by atoms with Gasteiger partial charge in [-0.2, -0.15) is 0 Å². The zero-order valence-electron chi connectivity index (χ0n) is 7.82. The lowest BCUT2D eigenvalue weighted by Gasteiger charge is -2.23. The van der Waals surface area contributed by atoms with Gasteiger partial charge in [0.25, 0.3) is 0 Å². The zero-order chi connectivity index (χ0) is 9.84. The molecule has 0 aromatic carbocycles. The van der Waals surface area contributed by atoms with E-state index in [0.717, 1.165) is 5.13 Å². The Morgan fingerprint density at radius 1 is 1.85 bits per heavy atom. The summed E-state index contributed by atoms with van der Waals surface area (Å²) in [7, 11) is 1.96. The molecule has 0 aliphatic rings. The number of thiazole rings is 1. The molecule has 0 saturated heterocycles. The number of hydrogen-bond acceptors (Lipinski definition) is 4. The Balaban J connectivity index is 2.57. The summed E-state index contributed by atoms with van der Waals surface area (Å²) in [6.45, 7) is 2.03. The highest BCUT2D eigenvalue weighted by Crippen LogP contribution is 2.18. The topological polar surface area (TPSA) is 66.0 Å². The SMILES string of the molecule is CC(CC(=N)N)N(C)c1nccs1. The zero-order valence-corrected chi connectivity index (χ0v) is 8.64. The molecule has 5 heteroatoms. The Morgan fingerprint density at radius 2 is 2.54 bits per heavy atom. The molecule has 0 bridgehead atoms. The molecule has 13 heavy (non-hydrogen) atoms. The van der Waals surface area contributed by atoms with Gasteiger partial charge in [-0.15, -0.1) is 11.3 Å². The van der Waals surface area contributed by atoms with Crippen molar-refractivity contribution in [3.8, 4) is 0 Å². The number of nitrogens with one attached hydrogen (secondary N) is 1. The first-order valence-electron chi connectivity index (χ1n) is 4.06. The molecule has 72 valence electrons. The standard InChI is InChI=1S/C8H14N4S/c1-6(5-7(9)10)12(2)8-11-3-4-13-8/h3-4,6H,5H2,1-2H3,(H3,9,10). The molecular formula is C8H14N4S. The molecule has 0 spiro atoms. The van der Waals surface area contributed by atoms with E-state index in [0.29, 0.717) is 6.42 Å². The molecule has 1 aromatic heterocycles. The fraction of sp³-hybridized carbons (Fsp3) is 0.500. The van der Waals surface area contributed by atoms with Gasteiger partial charge in [-0.05, 0) is 6.92 Å². The van der Waals surface area contributed by atoms with Gasteiger partial charge in [0.2, 0.25) is 0 Å². The van der Waals surface area contributed by atoms with Gasteiger partial charge in [0.1, 0.15) is 0 Å². The molecule has 1 rings (SSSR count). The molecule has 0 amide bonds. The van der Waals surface area contributed by atoms with E-state index in [4.69, 9.17) is 11.1 Å². The van der Waals surface area contributed by atoms with E-state index >= 15 is 0 Å². The Morgan fingerprint density at radius 3 is 3.00 bits per heavy atom. The summed E-state index contributed by atoms with van der Waals surface area (Å²) in [6, 6.07) is 0.226. The third kappa shape index (κ3) is 2.69. The Kier molecular flexibility index (Phi) is 3.25. The summed E-state index contributed by atoms with van der Waals surface area (Å²) in [5, 5.41) is 10.1. The monoisotopic (exact) mass is 198 g/mol. The van der Waals surface area contributed by atoms with Gasteiger partial charge in [0, 0.05) is 31.1 Å². The number of nitrogens with two attached hydrogens (primary N) is 1. The van der Waals surface area contributed by atoms with Crippen LogP contribution in [-0.4, -0.2) is 23.9 Å². The lowest BCUT2D eigenvalue weighted by atomic mass is 10.2. The van der Waals surface area contributed by atoms with E-state index in [-0.39, 0.29) is 11.9 Å². The first-order chi connectivity index (χ1) is 6.11. The largest absolute Gasteiger partial charge is 0.388 e. The van der Waals surface area contributed by atoms with E-state index in [1.807, 2.05) is 24.3 Å². The quantitative estimate of drug-likeness (QED) is 0.566. The van der Waals surface area contributed by atoms with Gasteiger partial charge in [-0.25, -0.2) is 4.98 Å². The van der Waals surface area contributed by atoms with Gasteiger partial charge in [-0.3, -0.25) is 5.41 Å². The molecular weight excluding hydrogens is 184 g/mol. The van der Waals surface area contributed by atoms with Crippen LogP contribution in [0.2, 0.25) is 0 Å². The first-order valence-corrected chi connectivity index (χ1v) is 4.94. The molecule has 0 aliphatic carbocycles. The smallest absolute Gasteiger partial charge is 0.185 e. The van der Waals surface area contributed by atoms with Crippen LogP contribution in [0.3, 0.4) is 0 Å². The van der Waals surface area contributed by atoms with Crippen LogP contribution >= 0.6 is 11.3 Å². The number of anilines is 1. The maximum atomic E-state index is 7.18. The summed E-state index contributed by atoms with van der Waals surface area (Å²) in [4.78, 5) is 6.21. The fourth-order valence-corrected chi connectivity index (χ4v) is 1.75. The van der Waals surface area contributed by atoms with Crippen LogP contribution < -0.4 is 10.6 Å². The molecule has 4 nitrogen and oxygen atoms in total. The fourth-order valence-electron chi connectivity index (χ4n) is 1.03. The van der Waals surface area contributed by atoms with E-state index in [9.17, 15) is 0 Å². The van der Waals surface area contributed by atoms with Crippen molar-refractivity contribution >= 4 is 22.3 Å². The predicted molar refractivity (Wildman–Crippen MR) is 56.5 cm³/mol. The second-order valence-electron chi connectivity index (χ2n) is 3.00. The average Bonchev–Trinajstić information content (AvgIpc) is 2.53. The van der Waals surface area contributed by atoms with Crippen molar-refractivity contribution in [1.29, 1.82) is 5.41 Å². The van der Waals surface area contributed by atoms with E-state index in [2.05, 4.69) is 4.98 Å².